The van der Waals surface area contributed by atoms with E-state index in [1.54, 1.807) is 25.3 Å². The molecule has 22 heavy (non-hydrogen) atoms. The van der Waals surface area contributed by atoms with Crippen LogP contribution in [0.1, 0.15) is 33.3 Å². The average molecular weight is 308 g/mol. The Bertz CT molecular complexity index is 582. The van der Waals surface area contributed by atoms with Crippen molar-refractivity contribution in [3.05, 3.63) is 29.8 Å². The Labute approximate surface area is 131 Å². The number of ether oxygens (including phenoxy) is 2. The number of hydrogen-bond acceptors (Lipinski definition) is 5. The van der Waals surface area contributed by atoms with E-state index in [1.165, 1.54) is 0 Å². The molecule has 0 aromatic heterocycles. The highest BCUT2D eigenvalue weighted by Crippen LogP contribution is 2.69. The second kappa shape index (κ2) is 4.68. The summed E-state index contributed by atoms with van der Waals surface area (Å²) in [6, 6.07) is 6.97. The van der Waals surface area contributed by atoms with Gasteiger partial charge in [-0.1, -0.05) is 39.8 Å². The van der Waals surface area contributed by atoms with E-state index in [0.29, 0.717) is 13.2 Å². The van der Waals surface area contributed by atoms with Gasteiger partial charge in [0.15, 0.2) is 5.60 Å². The predicted octanol–water partition coefficient (Wildman–Crippen LogP) is 2.97. The fourth-order valence-electron chi connectivity index (χ4n) is 4.25. The van der Waals surface area contributed by atoms with Crippen LogP contribution in [0.3, 0.4) is 0 Å². The van der Waals surface area contributed by atoms with Gasteiger partial charge in [0.2, 0.25) is 0 Å². The molecule has 2 unspecified atom stereocenters. The van der Waals surface area contributed by atoms with Crippen LogP contribution in [0.15, 0.2) is 24.3 Å². The molecule has 0 aliphatic carbocycles. The summed E-state index contributed by atoms with van der Waals surface area (Å²) in [5.74, 6) is -0.855. The number of rotatable bonds is 4. The number of phenolic OH excluding ortho intramolecular Hbond substituents is 1. The smallest absolute Gasteiger partial charge is 0.261 e. The molecule has 5 nitrogen and oxygen atoms in total. The topological polar surface area (TPSA) is 57.2 Å². The van der Waals surface area contributed by atoms with E-state index in [-0.39, 0.29) is 16.6 Å². The van der Waals surface area contributed by atoms with Gasteiger partial charge in [-0.25, -0.2) is 4.89 Å². The first kappa shape index (κ1) is 15.7. The molecule has 0 radical (unpaired) electrons. The Morgan fingerprint density at radius 1 is 1.27 bits per heavy atom. The minimum absolute atomic E-state index is 0.175. The second-order valence-electron chi connectivity index (χ2n) is 7.50. The normalized spacial score (nSPS) is 33.3. The number of aromatic hydroxyl groups is 1. The van der Waals surface area contributed by atoms with Crippen LogP contribution in [0, 0.1) is 10.8 Å². The molecule has 2 atom stereocenters. The van der Waals surface area contributed by atoms with Crippen LogP contribution in [-0.2, 0) is 25.0 Å². The van der Waals surface area contributed by atoms with Crippen molar-refractivity contribution in [1.82, 2.24) is 0 Å². The summed E-state index contributed by atoms with van der Waals surface area (Å²) in [6.07, 6.45) is 0. The molecule has 2 aliphatic heterocycles. The van der Waals surface area contributed by atoms with Crippen LogP contribution in [0.5, 0.6) is 5.75 Å². The maximum atomic E-state index is 9.84. The lowest BCUT2D eigenvalue weighted by molar-refractivity contribution is -0.628. The van der Waals surface area contributed by atoms with E-state index >= 15 is 0 Å². The minimum atomic E-state index is -1.03. The third-order valence-corrected chi connectivity index (χ3v) is 5.02. The van der Waals surface area contributed by atoms with E-state index in [4.69, 9.17) is 19.2 Å². The molecular weight excluding hydrogens is 284 g/mol. The van der Waals surface area contributed by atoms with E-state index in [2.05, 4.69) is 27.7 Å². The lowest BCUT2D eigenvalue weighted by Gasteiger charge is -2.61. The molecule has 0 spiro atoms. The Balaban J connectivity index is 2.16. The fourth-order valence-corrected chi connectivity index (χ4v) is 4.25. The summed E-state index contributed by atoms with van der Waals surface area (Å²) in [4.78, 5) is 11.4. The Morgan fingerprint density at radius 3 is 2.55 bits per heavy atom. The largest absolute Gasteiger partial charge is 0.508 e. The van der Waals surface area contributed by atoms with Gasteiger partial charge in [-0.3, -0.25) is 0 Å². The number of phenols is 1. The third kappa shape index (κ3) is 1.68. The Hall–Kier alpha value is -1.14. The van der Waals surface area contributed by atoms with Crippen molar-refractivity contribution in [3.63, 3.8) is 0 Å². The lowest BCUT2D eigenvalue weighted by atomic mass is 9.57. The van der Waals surface area contributed by atoms with E-state index in [0.717, 1.165) is 5.56 Å². The molecule has 1 aromatic rings. The molecule has 5 heteroatoms. The van der Waals surface area contributed by atoms with Crippen molar-refractivity contribution in [2.75, 3.05) is 20.3 Å². The quantitative estimate of drug-likeness (QED) is 0.867. The number of hydrogen-bond donors (Lipinski definition) is 1. The minimum Gasteiger partial charge on any atom is -0.508 e. The first-order chi connectivity index (χ1) is 10.2. The fraction of sp³-hybridized carbons (Fsp3) is 0.647. The van der Waals surface area contributed by atoms with E-state index in [9.17, 15) is 5.11 Å². The Kier molecular flexibility index (Phi) is 3.35. The number of fused-ring (bicyclic) bond motifs is 1. The summed E-state index contributed by atoms with van der Waals surface area (Å²) < 4.78 is 11.5. The highest BCUT2D eigenvalue weighted by molar-refractivity contribution is 5.37. The zero-order valence-corrected chi connectivity index (χ0v) is 13.8. The van der Waals surface area contributed by atoms with Crippen LogP contribution in [0.25, 0.3) is 0 Å². The average Bonchev–Trinajstić information content (AvgIpc) is 2.53. The number of methoxy groups -OCH3 is 1. The molecule has 3 rings (SSSR count). The standard InChI is InChI=1S/C17H24O5/c1-14(2,10-19-5)17-15(3,4)11-20-16(17,21-22-17)12-7-6-8-13(18)9-12/h6-9,18H,10-11H2,1-5H3. The van der Waals surface area contributed by atoms with Crippen molar-refractivity contribution < 1.29 is 24.4 Å². The maximum Gasteiger partial charge on any atom is 0.261 e. The van der Waals surface area contributed by atoms with E-state index < -0.39 is 11.4 Å². The van der Waals surface area contributed by atoms with Gasteiger partial charge in [-0.15, -0.1) is 0 Å². The zero-order chi connectivity index (χ0) is 16.2. The lowest BCUT2D eigenvalue weighted by Crippen LogP contribution is -2.74. The molecule has 2 heterocycles. The highest BCUT2D eigenvalue weighted by Gasteiger charge is 2.82. The molecule has 122 valence electrons. The van der Waals surface area contributed by atoms with Gasteiger partial charge in [0.05, 0.1) is 13.2 Å². The Morgan fingerprint density at radius 2 is 2.00 bits per heavy atom. The number of benzene rings is 1. The predicted molar refractivity (Wildman–Crippen MR) is 80.1 cm³/mol. The van der Waals surface area contributed by atoms with Crippen molar-refractivity contribution in [2.45, 2.75) is 39.1 Å². The van der Waals surface area contributed by atoms with Gasteiger partial charge < -0.3 is 14.6 Å². The highest BCUT2D eigenvalue weighted by atomic mass is 17.3. The zero-order valence-electron chi connectivity index (χ0n) is 13.8. The molecule has 2 saturated heterocycles. The third-order valence-electron chi connectivity index (χ3n) is 5.02. The van der Waals surface area contributed by atoms with Gasteiger partial charge in [-0.05, 0) is 12.1 Å². The molecule has 2 aliphatic rings. The van der Waals surface area contributed by atoms with E-state index in [1.807, 2.05) is 6.07 Å². The van der Waals surface area contributed by atoms with Gasteiger partial charge >= 0.3 is 0 Å². The molecule has 1 N–H and O–H groups in total. The molecule has 0 saturated carbocycles. The molecule has 0 bridgehead atoms. The van der Waals surface area contributed by atoms with Crippen molar-refractivity contribution in [3.8, 4) is 5.75 Å². The van der Waals surface area contributed by atoms with Crippen LogP contribution >= 0.6 is 0 Å². The maximum absolute atomic E-state index is 9.84. The first-order valence-corrected chi connectivity index (χ1v) is 7.52. The van der Waals surface area contributed by atoms with Crippen molar-refractivity contribution in [1.29, 1.82) is 0 Å². The summed E-state index contributed by atoms with van der Waals surface area (Å²) in [6.45, 7) is 9.40. The van der Waals surface area contributed by atoms with Gasteiger partial charge in [0, 0.05) is 23.5 Å². The van der Waals surface area contributed by atoms with Crippen molar-refractivity contribution >= 4 is 0 Å². The van der Waals surface area contributed by atoms with Crippen LogP contribution in [0.2, 0.25) is 0 Å². The molecule has 1 aromatic carbocycles. The second-order valence-corrected chi connectivity index (χ2v) is 7.50. The summed E-state index contributed by atoms with van der Waals surface area (Å²) in [7, 11) is 1.68. The van der Waals surface area contributed by atoms with Gasteiger partial charge in [-0.2, -0.15) is 4.89 Å². The molecule has 0 amide bonds. The van der Waals surface area contributed by atoms with Crippen LogP contribution < -0.4 is 0 Å². The monoisotopic (exact) mass is 308 g/mol. The van der Waals surface area contributed by atoms with Gasteiger partial charge in [0.25, 0.3) is 5.79 Å². The summed E-state index contributed by atoms with van der Waals surface area (Å²) in [5, 5.41) is 9.84. The van der Waals surface area contributed by atoms with Crippen LogP contribution in [0.4, 0.5) is 0 Å². The molecular formula is C17H24O5. The first-order valence-electron chi connectivity index (χ1n) is 7.52. The summed E-state index contributed by atoms with van der Waals surface area (Å²) >= 11 is 0. The van der Waals surface area contributed by atoms with Crippen LogP contribution in [-0.4, -0.2) is 31.0 Å². The SMILES string of the molecule is COCC(C)(C)C12OOC1(c1cccc(O)c1)OCC2(C)C. The molecule has 2 fully saturated rings. The van der Waals surface area contributed by atoms with Gasteiger partial charge in [0.1, 0.15) is 5.75 Å². The summed E-state index contributed by atoms with van der Waals surface area (Å²) in [5.41, 5.74) is -0.588. The van der Waals surface area contributed by atoms with Crippen molar-refractivity contribution in [2.24, 2.45) is 10.8 Å².